The van der Waals surface area contributed by atoms with Crippen LogP contribution in [0, 0.1) is 10.1 Å². The van der Waals surface area contributed by atoms with Crippen LogP contribution >= 0.6 is 0 Å². The molecule has 0 aromatic heterocycles. The SMILES string of the molecule is COc1cc([N+](=O)[O-])cc(C=Nc2cc(C(F)(F)F)ccc2N2CCCC2)c1O. The van der Waals surface area contributed by atoms with E-state index >= 15 is 0 Å². The van der Waals surface area contributed by atoms with Gasteiger partial charge in [0.2, 0.25) is 0 Å². The number of nitro groups is 1. The molecular weight excluding hydrogens is 391 g/mol. The molecule has 2 aromatic rings. The van der Waals surface area contributed by atoms with Gasteiger partial charge in [0.1, 0.15) is 0 Å². The smallest absolute Gasteiger partial charge is 0.416 e. The molecule has 1 saturated heterocycles. The maximum absolute atomic E-state index is 13.1. The Morgan fingerprint density at radius 3 is 2.52 bits per heavy atom. The molecule has 154 valence electrons. The zero-order valence-corrected chi connectivity index (χ0v) is 15.4. The number of nitro benzene ring substituents is 1. The van der Waals surface area contributed by atoms with Crippen molar-refractivity contribution < 1.29 is 27.9 Å². The van der Waals surface area contributed by atoms with Gasteiger partial charge in [-0.1, -0.05) is 0 Å². The number of rotatable bonds is 5. The van der Waals surface area contributed by atoms with E-state index in [4.69, 9.17) is 4.74 Å². The van der Waals surface area contributed by atoms with Crippen molar-refractivity contribution in [3.8, 4) is 11.5 Å². The Balaban J connectivity index is 2.07. The van der Waals surface area contributed by atoms with E-state index in [2.05, 4.69) is 4.99 Å². The molecular formula is C19H18F3N3O4. The number of nitrogens with zero attached hydrogens (tertiary/aromatic N) is 3. The second kappa shape index (κ2) is 7.98. The van der Waals surface area contributed by atoms with Crippen molar-refractivity contribution in [2.75, 3.05) is 25.1 Å². The highest BCUT2D eigenvalue weighted by atomic mass is 19.4. The number of hydrogen-bond acceptors (Lipinski definition) is 6. The third kappa shape index (κ3) is 4.41. The average molecular weight is 409 g/mol. The van der Waals surface area contributed by atoms with Gasteiger partial charge in [-0.05, 0) is 31.0 Å². The fourth-order valence-corrected chi connectivity index (χ4v) is 3.14. The van der Waals surface area contributed by atoms with E-state index in [1.807, 2.05) is 4.90 Å². The van der Waals surface area contributed by atoms with Gasteiger partial charge in [0.05, 0.1) is 35.0 Å². The number of non-ortho nitro benzene ring substituents is 1. The van der Waals surface area contributed by atoms with Crippen molar-refractivity contribution >= 4 is 23.3 Å². The molecule has 0 amide bonds. The highest BCUT2D eigenvalue weighted by Gasteiger charge is 2.31. The van der Waals surface area contributed by atoms with Crippen LogP contribution in [0.15, 0.2) is 35.3 Å². The number of benzene rings is 2. The molecule has 0 bridgehead atoms. The van der Waals surface area contributed by atoms with E-state index in [0.29, 0.717) is 18.8 Å². The normalized spacial score (nSPS) is 14.6. The molecule has 2 aromatic carbocycles. The van der Waals surface area contributed by atoms with Crippen LogP contribution in [-0.4, -0.2) is 36.4 Å². The molecule has 10 heteroatoms. The Hall–Kier alpha value is -3.30. The largest absolute Gasteiger partial charge is 0.504 e. The summed E-state index contributed by atoms with van der Waals surface area (Å²) < 4.78 is 44.4. The number of phenolic OH excluding ortho intramolecular Hbond substituents is 1. The number of methoxy groups -OCH3 is 1. The molecule has 1 aliphatic heterocycles. The van der Waals surface area contributed by atoms with Gasteiger partial charge in [-0.15, -0.1) is 0 Å². The Labute approximate surface area is 164 Å². The van der Waals surface area contributed by atoms with Crippen molar-refractivity contribution in [3.63, 3.8) is 0 Å². The molecule has 1 heterocycles. The summed E-state index contributed by atoms with van der Waals surface area (Å²) in [6, 6.07) is 5.42. The average Bonchev–Trinajstić information content (AvgIpc) is 3.20. The van der Waals surface area contributed by atoms with Crippen LogP contribution in [0.4, 0.5) is 30.2 Å². The molecule has 0 aliphatic carbocycles. The molecule has 1 N–H and O–H groups in total. The lowest BCUT2D eigenvalue weighted by molar-refractivity contribution is -0.385. The van der Waals surface area contributed by atoms with Crippen LogP contribution in [0.1, 0.15) is 24.0 Å². The zero-order chi connectivity index (χ0) is 21.2. The summed E-state index contributed by atoms with van der Waals surface area (Å²) in [6.45, 7) is 1.40. The Bertz CT molecular complexity index is 954. The highest BCUT2D eigenvalue weighted by molar-refractivity contribution is 5.89. The maximum atomic E-state index is 13.1. The third-order valence-corrected chi connectivity index (χ3v) is 4.61. The van der Waals surface area contributed by atoms with Gasteiger partial charge in [-0.25, -0.2) is 0 Å². The summed E-state index contributed by atoms with van der Waals surface area (Å²) in [5.74, 6) is -0.527. The number of halogens is 3. The fraction of sp³-hybridized carbons (Fsp3) is 0.316. The Kier molecular flexibility index (Phi) is 5.62. The maximum Gasteiger partial charge on any atom is 0.416 e. The quantitative estimate of drug-likeness (QED) is 0.440. The number of aromatic hydroxyl groups is 1. The topological polar surface area (TPSA) is 88.2 Å². The number of alkyl halides is 3. The molecule has 7 nitrogen and oxygen atoms in total. The van der Waals surface area contributed by atoms with Crippen LogP contribution in [0.5, 0.6) is 11.5 Å². The molecule has 0 atom stereocenters. The summed E-state index contributed by atoms with van der Waals surface area (Å²) in [7, 11) is 1.23. The van der Waals surface area contributed by atoms with Gasteiger partial charge < -0.3 is 14.7 Å². The van der Waals surface area contributed by atoms with Gasteiger partial charge in [-0.3, -0.25) is 15.1 Å². The Morgan fingerprint density at radius 2 is 1.93 bits per heavy atom. The first-order valence-corrected chi connectivity index (χ1v) is 8.76. The van der Waals surface area contributed by atoms with E-state index in [1.54, 1.807) is 0 Å². The van der Waals surface area contributed by atoms with Gasteiger partial charge in [0, 0.05) is 30.9 Å². The minimum Gasteiger partial charge on any atom is -0.504 e. The Morgan fingerprint density at radius 1 is 1.24 bits per heavy atom. The van der Waals surface area contributed by atoms with E-state index in [9.17, 15) is 28.4 Å². The van der Waals surface area contributed by atoms with E-state index in [0.717, 1.165) is 43.3 Å². The first-order chi connectivity index (χ1) is 13.7. The first-order valence-electron chi connectivity index (χ1n) is 8.76. The summed E-state index contributed by atoms with van der Waals surface area (Å²) in [5.41, 5.74) is -0.644. The fourth-order valence-electron chi connectivity index (χ4n) is 3.14. The lowest BCUT2D eigenvalue weighted by Gasteiger charge is -2.20. The number of aliphatic imine (C=N–C) groups is 1. The third-order valence-electron chi connectivity index (χ3n) is 4.61. The van der Waals surface area contributed by atoms with E-state index in [1.165, 1.54) is 13.2 Å². The first kappa shape index (κ1) is 20.4. The summed E-state index contributed by atoms with van der Waals surface area (Å²) in [4.78, 5) is 16.5. The molecule has 0 spiro atoms. The standard InChI is InChI=1S/C19H18F3N3O4/c1-29-17-10-14(25(27)28)8-12(18(17)26)11-23-15-9-13(19(20,21)22)4-5-16(15)24-6-2-3-7-24/h4-5,8-11,26H,2-3,6-7H2,1H3. The van der Waals surface area contributed by atoms with Crippen LogP contribution in [0.25, 0.3) is 0 Å². The number of anilines is 1. The van der Waals surface area contributed by atoms with Crippen LogP contribution < -0.4 is 9.64 Å². The van der Waals surface area contributed by atoms with Gasteiger partial charge in [0.25, 0.3) is 5.69 Å². The highest BCUT2D eigenvalue weighted by Crippen LogP contribution is 2.39. The predicted octanol–water partition coefficient (Wildman–Crippen LogP) is 4.68. The predicted molar refractivity (Wildman–Crippen MR) is 101 cm³/mol. The van der Waals surface area contributed by atoms with Crippen LogP contribution in [0.3, 0.4) is 0 Å². The zero-order valence-electron chi connectivity index (χ0n) is 15.4. The lowest BCUT2D eigenvalue weighted by atomic mass is 10.1. The number of hydrogen-bond donors (Lipinski definition) is 1. The minimum absolute atomic E-state index is 0.0409. The summed E-state index contributed by atoms with van der Waals surface area (Å²) >= 11 is 0. The second-order valence-corrected chi connectivity index (χ2v) is 6.50. The van der Waals surface area contributed by atoms with Crippen molar-refractivity contribution in [1.29, 1.82) is 0 Å². The molecule has 0 saturated carbocycles. The van der Waals surface area contributed by atoms with Crippen molar-refractivity contribution in [2.45, 2.75) is 19.0 Å². The van der Waals surface area contributed by atoms with Gasteiger partial charge in [-0.2, -0.15) is 13.2 Å². The molecule has 0 unspecified atom stereocenters. The van der Waals surface area contributed by atoms with Gasteiger partial charge >= 0.3 is 6.18 Å². The van der Waals surface area contributed by atoms with Crippen molar-refractivity contribution in [3.05, 3.63) is 51.6 Å². The van der Waals surface area contributed by atoms with E-state index in [-0.39, 0.29) is 22.7 Å². The molecule has 1 fully saturated rings. The number of ether oxygens (including phenoxy) is 1. The van der Waals surface area contributed by atoms with Gasteiger partial charge in [0.15, 0.2) is 11.5 Å². The number of phenols is 1. The molecule has 0 radical (unpaired) electrons. The molecule has 29 heavy (non-hydrogen) atoms. The molecule has 3 rings (SSSR count). The van der Waals surface area contributed by atoms with Crippen LogP contribution in [0.2, 0.25) is 0 Å². The van der Waals surface area contributed by atoms with Crippen molar-refractivity contribution in [1.82, 2.24) is 0 Å². The second-order valence-electron chi connectivity index (χ2n) is 6.50. The monoisotopic (exact) mass is 409 g/mol. The summed E-state index contributed by atoms with van der Waals surface area (Å²) in [5, 5.41) is 21.3. The molecule has 1 aliphatic rings. The lowest BCUT2D eigenvalue weighted by Crippen LogP contribution is -2.18. The minimum atomic E-state index is -4.54. The van der Waals surface area contributed by atoms with Crippen molar-refractivity contribution in [2.24, 2.45) is 4.99 Å². The van der Waals surface area contributed by atoms with E-state index < -0.39 is 22.4 Å². The summed E-state index contributed by atoms with van der Waals surface area (Å²) in [6.07, 6.45) is -1.59. The van der Waals surface area contributed by atoms with Crippen LogP contribution in [-0.2, 0) is 6.18 Å².